The van der Waals surface area contributed by atoms with Crippen LogP contribution in [0.3, 0.4) is 0 Å². The van der Waals surface area contributed by atoms with Gasteiger partial charge in [-0.3, -0.25) is 19.3 Å². The lowest BCUT2D eigenvalue weighted by molar-refractivity contribution is -0.123. The third kappa shape index (κ3) is 2.26. The Morgan fingerprint density at radius 3 is 2.67 bits per heavy atom. The molecule has 6 heteroatoms. The summed E-state index contributed by atoms with van der Waals surface area (Å²) in [5.41, 5.74) is 1.71. The number of fused-ring (bicyclic) bond motifs is 1. The summed E-state index contributed by atoms with van der Waals surface area (Å²) in [6, 6.07) is 4.97. The highest BCUT2D eigenvalue weighted by atomic mass is 16.2. The molecule has 1 fully saturated rings. The van der Waals surface area contributed by atoms with Gasteiger partial charge in [-0.1, -0.05) is 0 Å². The topological polar surface area (TPSA) is 78.5 Å². The van der Waals surface area contributed by atoms with Crippen LogP contribution in [0.4, 0.5) is 5.69 Å². The molecule has 0 spiro atoms. The van der Waals surface area contributed by atoms with E-state index in [9.17, 15) is 14.4 Å². The minimum atomic E-state index is -0.268. The lowest BCUT2D eigenvalue weighted by Crippen LogP contribution is -2.50. The van der Waals surface area contributed by atoms with Crippen LogP contribution in [0, 0.1) is 0 Å². The van der Waals surface area contributed by atoms with Gasteiger partial charge in [0.05, 0.1) is 17.2 Å². The average molecular weight is 287 g/mol. The van der Waals surface area contributed by atoms with Gasteiger partial charge in [-0.15, -0.1) is 0 Å². The van der Waals surface area contributed by atoms with Crippen molar-refractivity contribution in [1.29, 1.82) is 0 Å². The highest BCUT2D eigenvalue weighted by molar-refractivity contribution is 6.22. The standard InChI is InChI=1S/C15H17N3O3/c1-2-16-9-3-5-11-12(7-9)15(21)18(14(11)20)10-4-6-13(19)17-8-10/h3,5,7,10,16H,2,4,6,8H2,1H3,(H,17,19). The molecule has 0 aliphatic carbocycles. The van der Waals surface area contributed by atoms with E-state index in [1.165, 1.54) is 4.90 Å². The van der Waals surface area contributed by atoms with Gasteiger partial charge in [0.1, 0.15) is 0 Å². The Bertz CT molecular complexity index is 617. The van der Waals surface area contributed by atoms with Crippen LogP contribution in [-0.4, -0.2) is 41.8 Å². The van der Waals surface area contributed by atoms with Gasteiger partial charge in [0.2, 0.25) is 5.91 Å². The average Bonchev–Trinajstić information content (AvgIpc) is 2.72. The number of imide groups is 1. The fourth-order valence-corrected chi connectivity index (χ4v) is 2.85. The molecule has 1 unspecified atom stereocenters. The van der Waals surface area contributed by atoms with E-state index >= 15 is 0 Å². The molecule has 0 saturated carbocycles. The highest BCUT2D eigenvalue weighted by Crippen LogP contribution is 2.29. The maximum absolute atomic E-state index is 12.5. The smallest absolute Gasteiger partial charge is 0.261 e. The monoisotopic (exact) mass is 287 g/mol. The SMILES string of the molecule is CCNc1ccc2c(c1)C(=O)N(C1CCC(=O)NC1)C2=O. The van der Waals surface area contributed by atoms with E-state index in [0.29, 0.717) is 30.5 Å². The van der Waals surface area contributed by atoms with E-state index in [1.807, 2.05) is 6.92 Å². The summed E-state index contributed by atoms with van der Waals surface area (Å²) in [4.78, 5) is 37.4. The molecule has 110 valence electrons. The van der Waals surface area contributed by atoms with E-state index < -0.39 is 0 Å². The van der Waals surface area contributed by atoms with Gasteiger partial charge >= 0.3 is 0 Å². The van der Waals surface area contributed by atoms with Gasteiger partial charge in [0.25, 0.3) is 11.8 Å². The van der Waals surface area contributed by atoms with Crippen LogP contribution >= 0.6 is 0 Å². The van der Waals surface area contributed by atoms with E-state index in [1.54, 1.807) is 18.2 Å². The van der Waals surface area contributed by atoms with Crippen molar-refractivity contribution >= 4 is 23.4 Å². The number of nitrogens with zero attached hydrogens (tertiary/aromatic N) is 1. The second kappa shape index (κ2) is 5.20. The summed E-state index contributed by atoms with van der Waals surface area (Å²) in [5, 5.41) is 5.84. The Morgan fingerprint density at radius 2 is 2.00 bits per heavy atom. The summed E-state index contributed by atoms with van der Waals surface area (Å²) in [7, 11) is 0. The van der Waals surface area contributed by atoms with Crippen LogP contribution in [0.15, 0.2) is 18.2 Å². The molecule has 6 nitrogen and oxygen atoms in total. The summed E-state index contributed by atoms with van der Waals surface area (Å²) < 4.78 is 0. The molecule has 1 aromatic carbocycles. The Balaban J connectivity index is 1.88. The molecular weight excluding hydrogens is 270 g/mol. The van der Waals surface area contributed by atoms with Crippen molar-refractivity contribution in [1.82, 2.24) is 10.2 Å². The van der Waals surface area contributed by atoms with Gasteiger partial charge in [0.15, 0.2) is 0 Å². The molecule has 3 amide bonds. The molecule has 1 atom stereocenters. The number of carbonyl (C=O) groups is 3. The largest absolute Gasteiger partial charge is 0.385 e. The van der Waals surface area contributed by atoms with Gasteiger partial charge in [-0.25, -0.2) is 0 Å². The molecule has 0 aromatic heterocycles. The van der Waals surface area contributed by atoms with Crippen molar-refractivity contribution in [3.63, 3.8) is 0 Å². The number of amides is 3. The first kappa shape index (κ1) is 13.6. The van der Waals surface area contributed by atoms with Gasteiger partial charge in [-0.2, -0.15) is 0 Å². The summed E-state index contributed by atoms with van der Waals surface area (Å²) in [6.45, 7) is 3.06. The number of benzene rings is 1. The predicted octanol–water partition coefficient (Wildman–Crippen LogP) is 0.993. The van der Waals surface area contributed by atoms with Crippen LogP contribution in [0.5, 0.6) is 0 Å². The number of piperidine rings is 1. The third-order valence-corrected chi connectivity index (χ3v) is 3.90. The van der Waals surface area contributed by atoms with Crippen molar-refractivity contribution in [2.45, 2.75) is 25.8 Å². The molecule has 2 N–H and O–H groups in total. The zero-order chi connectivity index (χ0) is 15.0. The van der Waals surface area contributed by atoms with Crippen LogP contribution in [0.25, 0.3) is 0 Å². The fraction of sp³-hybridized carbons (Fsp3) is 0.400. The fourth-order valence-electron chi connectivity index (χ4n) is 2.85. The Labute approximate surface area is 122 Å². The van der Waals surface area contributed by atoms with Crippen LogP contribution in [-0.2, 0) is 4.79 Å². The zero-order valence-electron chi connectivity index (χ0n) is 11.8. The van der Waals surface area contributed by atoms with Gasteiger partial charge in [-0.05, 0) is 31.5 Å². The zero-order valence-corrected chi connectivity index (χ0v) is 11.8. The van der Waals surface area contributed by atoms with Crippen LogP contribution in [0.2, 0.25) is 0 Å². The van der Waals surface area contributed by atoms with E-state index in [-0.39, 0.29) is 23.8 Å². The van der Waals surface area contributed by atoms with Crippen LogP contribution in [0.1, 0.15) is 40.5 Å². The molecule has 2 heterocycles. The Kier molecular flexibility index (Phi) is 3.37. The molecule has 3 rings (SSSR count). The number of hydrogen-bond donors (Lipinski definition) is 2. The highest BCUT2D eigenvalue weighted by Gasteiger charge is 2.41. The Morgan fingerprint density at radius 1 is 1.24 bits per heavy atom. The summed E-state index contributed by atoms with van der Waals surface area (Å²) in [5.74, 6) is -0.563. The molecule has 0 bridgehead atoms. The lowest BCUT2D eigenvalue weighted by atomic mass is 10.1. The number of rotatable bonds is 3. The molecule has 2 aliphatic heterocycles. The quantitative estimate of drug-likeness (QED) is 0.813. The normalized spacial score (nSPS) is 21.3. The molecular formula is C15H17N3O3. The molecule has 21 heavy (non-hydrogen) atoms. The van der Waals surface area contributed by atoms with Crippen molar-refractivity contribution < 1.29 is 14.4 Å². The van der Waals surface area contributed by atoms with Crippen LogP contribution < -0.4 is 10.6 Å². The number of anilines is 1. The number of carbonyl (C=O) groups excluding carboxylic acids is 3. The first-order chi connectivity index (χ1) is 10.1. The molecule has 0 radical (unpaired) electrons. The maximum atomic E-state index is 12.5. The number of hydrogen-bond acceptors (Lipinski definition) is 4. The second-order valence-electron chi connectivity index (χ2n) is 5.27. The first-order valence-electron chi connectivity index (χ1n) is 7.14. The lowest BCUT2D eigenvalue weighted by Gasteiger charge is -2.29. The van der Waals surface area contributed by atoms with Crippen molar-refractivity contribution in [3.05, 3.63) is 29.3 Å². The second-order valence-corrected chi connectivity index (χ2v) is 5.27. The van der Waals surface area contributed by atoms with Crippen molar-refractivity contribution in [2.75, 3.05) is 18.4 Å². The van der Waals surface area contributed by atoms with E-state index in [4.69, 9.17) is 0 Å². The number of nitrogens with one attached hydrogen (secondary N) is 2. The van der Waals surface area contributed by atoms with E-state index in [0.717, 1.165) is 12.2 Å². The molecule has 1 saturated heterocycles. The minimum absolute atomic E-state index is 0.0303. The molecule has 2 aliphatic rings. The summed E-state index contributed by atoms with van der Waals surface area (Å²) >= 11 is 0. The maximum Gasteiger partial charge on any atom is 0.261 e. The van der Waals surface area contributed by atoms with Gasteiger partial charge in [0, 0.05) is 25.2 Å². The minimum Gasteiger partial charge on any atom is -0.385 e. The van der Waals surface area contributed by atoms with E-state index in [2.05, 4.69) is 10.6 Å². The van der Waals surface area contributed by atoms with Crippen molar-refractivity contribution in [3.8, 4) is 0 Å². The Hall–Kier alpha value is -2.37. The third-order valence-electron chi connectivity index (χ3n) is 3.90. The predicted molar refractivity (Wildman–Crippen MR) is 77.1 cm³/mol. The molecule has 1 aromatic rings. The van der Waals surface area contributed by atoms with Crippen molar-refractivity contribution in [2.24, 2.45) is 0 Å². The summed E-state index contributed by atoms with van der Waals surface area (Å²) in [6.07, 6.45) is 0.873. The van der Waals surface area contributed by atoms with Gasteiger partial charge < -0.3 is 10.6 Å². The first-order valence-corrected chi connectivity index (χ1v) is 7.14.